The van der Waals surface area contributed by atoms with Crippen LogP contribution in [0, 0.1) is 11.3 Å². The monoisotopic (exact) mass is 428 g/mol. The molecule has 1 saturated heterocycles. The number of nitrogens with zero attached hydrogens (tertiary/aromatic N) is 1. The van der Waals surface area contributed by atoms with Gasteiger partial charge in [-0.2, -0.15) is 18.4 Å². The summed E-state index contributed by atoms with van der Waals surface area (Å²) in [6, 6.07) is 4.85. The van der Waals surface area contributed by atoms with Crippen LogP contribution >= 0.6 is 11.6 Å². The lowest BCUT2D eigenvalue weighted by atomic mass is 9.80. The topological polar surface area (TPSA) is 77.0 Å². The Labute approximate surface area is 173 Å². The molecule has 1 amide bonds. The molecule has 0 unspecified atom stereocenters. The number of nitrogens with one attached hydrogen (secondary N) is 3. The van der Waals surface area contributed by atoms with Gasteiger partial charge in [-0.25, -0.2) is 0 Å². The van der Waals surface area contributed by atoms with Gasteiger partial charge in [-0.05, 0) is 58.7 Å². The zero-order valence-electron chi connectivity index (χ0n) is 16.7. The Bertz CT molecular complexity index is 840. The fourth-order valence-corrected chi connectivity index (χ4v) is 4.03. The maximum atomic E-state index is 13.0. The Morgan fingerprint density at radius 2 is 1.86 bits per heavy atom. The number of anilines is 1. The van der Waals surface area contributed by atoms with Crippen LogP contribution in [0.2, 0.25) is 5.02 Å². The second-order valence-corrected chi connectivity index (χ2v) is 8.89. The minimum Gasteiger partial charge on any atom is -0.387 e. The summed E-state index contributed by atoms with van der Waals surface area (Å²) >= 11 is 5.58. The molecule has 1 aromatic carbocycles. The predicted octanol–water partition coefficient (Wildman–Crippen LogP) is 4.60. The van der Waals surface area contributed by atoms with Gasteiger partial charge in [-0.1, -0.05) is 11.6 Å². The first-order chi connectivity index (χ1) is 13.2. The van der Waals surface area contributed by atoms with E-state index in [4.69, 9.17) is 11.6 Å². The molecule has 1 aliphatic heterocycles. The molecular weight excluding hydrogens is 405 g/mol. The van der Waals surface area contributed by atoms with Crippen LogP contribution in [0.15, 0.2) is 30.0 Å². The van der Waals surface area contributed by atoms with Crippen molar-refractivity contribution in [2.75, 3.05) is 5.32 Å². The van der Waals surface area contributed by atoms with Gasteiger partial charge in [0, 0.05) is 29.0 Å². The van der Waals surface area contributed by atoms with Crippen LogP contribution in [0.25, 0.3) is 0 Å². The smallest absolute Gasteiger partial charge is 0.387 e. The highest BCUT2D eigenvalue weighted by Crippen LogP contribution is 2.36. The van der Waals surface area contributed by atoms with Crippen LogP contribution in [0.3, 0.4) is 0 Å². The number of carbonyl (C=O) groups excluding carboxylic acids is 1. The van der Waals surface area contributed by atoms with Crippen LogP contribution in [0.1, 0.15) is 46.1 Å². The van der Waals surface area contributed by atoms with E-state index in [0.717, 1.165) is 25.0 Å². The number of hydrogen-bond donors (Lipinski definition) is 3. The maximum Gasteiger partial charge on any atom is 0.417 e. The number of hydrogen-bond acceptors (Lipinski definition) is 4. The number of amides is 1. The van der Waals surface area contributed by atoms with Crippen molar-refractivity contribution < 1.29 is 18.0 Å². The van der Waals surface area contributed by atoms with E-state index in [-0.39, 0.29) is 28.4 Å². The van der Waals surface area contributed by atoms with Gasteiger partial charge in [0.15, 0.2) is 0 Å². The SMILES string of the molecule is CC1(C)CC(N/C=C(/C#N)C(=O)Nc2ccc(Cl)c(C(F)(F)F)c2)CC(C)(C)N1. The molecule has 0 bridgehead atoms. The first kappa shape index (κ1) is 23.0. The molecule has 0 radical (unpaired) electrons. The van der Waals surface area contributed by atoms with Crippen molar-refractivity contribution in [1.82, 2.24) is 10.6 Å². The second-order valence-electron chi connectivity index (χ2n) is 8.48. The number of nitriles is 1. The van der Waals surface area contributed by atoms with Crippen molar-refractivity contribution >= 4 is 23.2 Å². The number of halogens is 4. The van der Waals surface area contributed by atoms with E-state index in [9.17, 15) is 23.2 Å². The third-order valence-corrected chi connectivity index (χ3v) is 4.88. The Hall–Kier alpha value is -2.24. The third-order valence-electron chi connectivity index (χ3n) is 4.55. The molecule has 0 atom stereocenters. The highest BCUT2D eigenvalue weighted by Gasteiger charge is 2.37. The number of benzene rings is 1. The lowest BCUT2D eigenvalue weighted by Crippen LogP contribution is -2.61. The molecule has 1 heterocycles. The molecule has 9 heteroatoms. The summed E-state index contributed by atoms with van der Waals surface area (Å²) in [6.45, 7) is 8.29. The van der Waals surface area contributed by atoms with E-state index in [1.807, 2.05) is 0 Å². The third kappa shape index (κ3) is 6.38. The zero-order chi connectivity index (χ0) is 22.0. The van der Waals surface area contributed by atoms with Crippen molar-refractivity contribution in [3.05, 3.63) is 40.6 Å². The highest BCUT2D eigenvalue weighted by molar-refractivity contribution is 6.31. The first-order valence-corrected chi connectivity index (χ1v) is 9.44. The van der Waals surface area contributed by atoms with Crippen molar-refractivity contribution in [1.29, 1.82) is 5.26 Å². The molecule has 0 saturated carbocycles. The van der Waals surface area contributed by atoms with E-state index < -0.39 is 22.7 Å². The molecule has 1 aromatic rings. The molecule has 3 N–H and O–H groups in total. The molecule has 0 spiro atoms. The van der Waals surface area contributed by atoms with Gasteiger partial charge < -0.3 is 16.0 Å². The molecule has 0 aliphatic carbocycles. The molecule has 29 heavy (non-hydrogen) atoms. The van der Waals surface area contributed by atoms with Gasteiger partial charge in [-0.3, -0.25) is 4.79 Å². The van der Waals surface area contributed by atoms with E-state index in [0.29, 0.717) is 0 Å². The van der Waals surface area contributed by atoms with Crippen molar-refractivity contribution in [3.63, 3.8) is 0 Å². The Morgan fingerprint density at radius 1 is 1.28 bits per heavy atom. The lowest BCUT2D eigenvalue weighted by molar-refractivity contribution is -0.137. The molecule has 0 aromatic heterocycles. The van der Waals surface area contributed by atoms with Crippen molar-refractivity contribution in [3.8, 4) is 6.07 Å². The van der Waals surface area contributed by atoms with Crippen LogP contribution < -0.4 is 16.0 Å². The van der Waals surface area contributed by atoms with Crippen LogP contribution in [0.4, 0.5) is 18.9 Å². The minimum absolute atomic E-state index is 0.0322. The molecule has 1 fully saturated rings. The van der Waals surface area contributed by atoms with Gasteiger partial charge >= 0.3 is 6.18 Å². The second kappa shape index (κ2) is 8.25. The van der Waals surface area contributed by atoms with Gasteiger partial charge in [0.1, 0.15) is 11.6 Å². The van der Waals surface area contributed by atoms with Crippen LogP contribution in [-0.4, -0.2) is 23.0 Å². The summed E-state index contributed by atoms with van der Waals surface area (Å²) in [5.74, 6) is -0.803. The van der Waals surface area contributed by atoms with E-state index in [2.05, 4.69) is 43.6 Å². The van der Waals surface area contributed by atoms with E-state index >= 15 is 0 Å². The lowest BCUT2D eigenvalue weighted by Gasteiger charge is -2.46. The summed E-state index contributed by atoms with van der Waals surface area (Å²) in [5.41, 5.74) is -1.64. The summed E-state index contributed by atoms with van der Waals surface area (Å²) in [6.07, 6.45) is -1.78. The molecule has 2 rings (SSSR count). The van der Waals surface area contributed by atoms with Gasteiger partial charge in [0.05, 0.1) is 10.6 Å². The Balaban J connectivity index is 2.12. The average molecular weight is 429 g/mol. The average Bonchev–Trinajstić information content (AvgIpc) is 2.53. The first-order valence-electron chi connectivity index (χ1n) is 9.06. The van der Waals surface area contributed by atoms with Gasteiger partial charge in [0.2, 0.25) is 0 Å². The van der Waals surface area contributed by atoms with Crippen LogP contribution in [0.5, 0.6) is 0 Å². The van der Waals surface area contributed by atoms with Gasteiger partial charge in [-0.15, -0.1) is 0 Å². The largest absolute Gasteiger partial charge is 0.417 e. The van der Waals surface area contributed by atoms with E-state index in [1.54, 1.807) is 6.07 Å². The number of alkyl halides is 3. The summed E-state index contributed by atoms with van der Waals surface area (Å²) in [7, 11) is 0. The zero-order valence-corrected chi connectivity index (χ0v) is 17.4. The highest BCUT2D eigenvalue weighted by atomic mass is 35.5. The fraction of sp³-hybridized carbons (Fsp3) is 0.500. The quantitative estimate of drug-likeness (QED) is 0.483. The molecule has 158 valence electrons. The van der Waals surface area contributed by atoms with Crippen LogP contribution in [-0.2, 0) is 11.0 Å². The molecule has 5 nitrogen and oxygen atoms in total. The van der Waals surface area contributed by atoms with Crippen molar-refractivity contribution in [2.24, 2.45) is 0 Å². The van der Waals surface area contributed by atoms with Crippen molar-refractivity contribution in [2.45, 2.75) is 63.8 Å². The molecule has 1 aliphatic rings. The summed E-state index contributed by atoms with van der Waals surface area (Å²) in [5, 5.41) is 17.8. The standard InChI is InChI=1S/C20H24ClF3N4O/c1-18(2)8-14(9-19(3,4)28-18)26-11-12(10-25)17(29)27-13-5-6-16(21)15(7-13)20(22,23)24/h5-7,11,14,26,28H,8-9H2,1-4H3,(H,27,29)/b12-11-. The number of carbonyl (C=O) groups is 1. The number of rotatable bonds is 4. The molecular formula is C20H24ClF3N4O. The minimum atomic E-state index is -4.65. The Morgan fingerprint density at radius 3 is 2.38 bits per heavy atom. The Kier molecular flexibility index (Phi) is 6.55. The predicted molar refractivity (Wildman–Crippen MR) is 106 cm³/mol. The fourth-order valence-electron chi connectivity index (χ4n) is 3.81. The summed E-state index contributed by atoms with van der Waals surface area (Å²) in [4.78, 5) is 12.3. The van der Waals surface area contributed by atoms with Gasteiger partial charge in [0.25, 0.3) is 5.91 Å². The summed E-state index contributed by atoms with van der Waals surface area (Å²) < 4.78 is 38.9. The number of piperidine rings is 1. The maximum absolute atomic E-state index is 13.0. The normalized spacial score (nSPS) is 19.3. The van der Waals surface area contributed by atoms with E-state index in [1.165, 1.54) is 12.3 Å².